The molecule has 0 fully saturated rings. The average Bonchev–Trinajstić information content (AvgIpc) is 3.48. The summed E-state index contributed by atoms with van der Waals surface area (Å²) in [6.45, 7) is 12.6. The van der Waals surface area contributed by atoms with Gasteiger partial charge in [0, 0.05) is 29.2 Å². The van der Waals surface area contributed by atoms with Gasteiger partial charge in [-0.25, -0.2) is 4.99 Å². The molecule has 1 aromatic heterocycles. The number of aromatic nitrogens is 1. The molecule has 5 rings (SSSR count). The first kappa shape index (κ1) is 27.8. The molecule has 0 saturated carbocycles. The van der Waals surface area contributed by atoms with E-state index in [0.29, 0.717) is 13.2 Å². The minimum atomic E-state index is -2.58. The predicted octanol–water partition coefficient (Wildman–Crippen LogP) is 7.19. The van der Waals surface area contributed by atoms with Crippen LogP contribution in [0.15, 0.2) is 101 Å². The van der Waals surface area contributed by atoms with E-state index in [1.54, 1.807) is 0 Å². The van der Waals surface area contributed by atoms with Crippen molar-refractivity contribution in [3.63, 3.8) is 0 Å². The van der Waals surface area contributed by atoms with E-state index in [1.807, 2.05) is 11.8 Å². The molecule has 6 heteroatoms. The van der Waals surface area contributed by atoms with Crippen molar-refractivity contribution in [3.8, 4) is 0 Å². The van der Waals surface area contributed by atoms with E-state index in [1.165, 1.54) is 20.8 Å². The highest BCUT2D eigenvalue weighted by atomic mass is 32.2. The molecule has 3 aromatic carbocycles. The minimum absolute atomic E-state index is 0.0435. The number of para-hydroxylation sites is 1. The molecule has 1 aliphatic rings. The Morgan fingerprint density at radius 2 is 1.56 bits per heavy atom. The van der Waals surface area contributed by atoms with Crippen LogP contribution in [0, 0.1) is 0 Å². The van der Waals surface area contributed by atoms with Crippen molar-refractivity contribution in [1.82, 2.24) is 4.98 Å². The molecule has 0 aliphatic carbocycles. The minimum Gasteiger partial charge on any atom is -0.478 e. The van der Waals surface area contributed by atoms with E-state index in [-0.39, 0.29) is 15.8 Å². The number of benzene rings is 3. The second kappa shape index (κ2) is 11.4. The van der Waals surface area contributed by atoms with Gasteiger partial charge < -0.3 is 14.1 Å². The Hall–Kier alpha value is -2.80. The molecule has 2 heterocycles. The van der Waals surface area contributed by atoms with Crippen LogP contribution in [-0.2, 0) is 9.16 Å². The zero-order chi connectivity index (χ0) is 27.5. The molecule has 0 saturated heterocycles. The van der Waals surface area contributed by atoms with Crippen LogP contribution >= 0.6 is 11.8 Å². The fraction of sp³-hybridized carbons (Fsp3) is 0.364. The zero-order valence-corrected chi connectivity index (χ0v) is 25.6. The molecule has 4 nitrogen and oxygen atoms in total. The van der Waals surface area contributed by atoms with Gasteiger partial charge in [-0.3, -0.25) is 0 Å². The van der Waals surface area contributed by atoms with Gasteiger partial charge in [-0.05, 0) is 47.8 Å². The SMILES string of the molecule is CC1(C)COC(CC(CCO[Si](c2ccccc2)(c2ccccc2)C(C)(C)C)Sc2cc3ccccc3[nH]2)=N1. The number of H-pyrrole nitrogens is 1. The van der Waals surface area contributed by atoms with Gasteiger partial charge in [0.2, 0.25) is 0 Å². The third-order valence-corrected chi connectivity index (χ3v) is 13.6. The largest absolute Gasteiger partial charge is 0.478 e. The summed E-state index contributed by atoms with van der Waals surface area (Å²) in [6, 6.07) is 32.5. The average molecular weight is 557 g/mol. The molecule has 1 unspecified atom stereocenters. The van der Waals surface area contributed by atoms with Crippen LogP contribution in [0.4, 0.5) is 0 Å². The summed E-state index contributed by atoms with van der Waals surface area (Å²) in [5.74, 6) is 0.860. The van der Waals surface area contributed by atoms with E-state index < -0.39 is 8.32 Å². The van der Waals surface area contributed by atoms with Gasteiger partial charge in [0.05, 0.1) is 10.6 Å². The monoisotopic (exact) mass is 556 g/mol. The van der Waals surface area contributed by atoms with Gasteiger partial charge in [-0.1, -0.05) is 99.6 Å². The van der Waals surface area contributed by atoms with Crippen molar-refractivity contribution < 1.29 is 9.16 Å². The van der Waals surface area contributed by atoms with Crippen LogP contribution in [0.5, 0.6) is 0 Å². The van der Waals surface area contributed by atoms with E-state index in [4.69, 9.17) is 14.2 Å². The van der Waals surface area contributed by atoms with Crippen molar-refractivity contribution in [2.75, 3.05) is 13.2 Å². The zero-order valence-electron chi connectivity index (χ0n) is 23.7. The highest BCUT2D eigenvalue weighted by Gasteiger charge is 2.50. The molecule has 1 atom stereocenters. The van der Waals surface area contributed by atoms with Gasteiger partial charge in [-0.15, -0.1) is 11.8 Å². The Bertz CT molecular complexity index is 1340. The molecule has 0 bridgehead atoms. The second-order valence-corrected chi connectivity index (χ2v) is 17.7. The van der Waals surface area contributed by atoms with Crippen molar-refractivity contribution >= 4 is 47.3 Å². The number of nitrogens with one attached hydrogen (secondary N) is 1. The number of nitrogens with zero attached hydrogens (tertiary/aromatic N) is 1. The number of rotatable bonds is 10. The Kier molecular flexibility index (Phi) is 8.08. The third-order valence-electron chi connectivity index (χ3n) is 7.40. The normalized spacial score (nSPS) is 16.2. The van der Waals surface area contributed by atoms with Crippen LogP contribution < -0.4 is 10.4 Å². The molecule has 0 spiro atoms. The van der Waals surface area contributed by atoms with Gasteiger partial charge in [-0.2, -0.15) is 0 Å². The highest BCUT2D eigenvalue weighted by Crippen LogP contribution is 2.38. The summed E-state index contributed by atoms with van der Waals surface area (Å²) in [5.41, 5.74) is 1.01. The summed E-state index contributed by atoms with van der Waals surface area (Å²) < 4.78 is 13.3. The lowest BCUT2D eigenvalue weighted by atomic mass is 10.1. The number of aliphatic imine (C=N–C) groups is 1. The van der Waals surface area contributed by atoms with Crippen LogP contribution in [0.1, 0.15) is 47.5 Å². The maximum absolute atomic E-state index is 7.23. The van der Waals surface area contributed by atoms with Crippen molar-refractivity contribution in [2.24, 2.45) is 4.99 Å². The van der Waals surface area contributed by atoms with Crippen LogP contribution in [0.3, 0.4) is 0 Å². The molecule has 204 valence electrons. The highest BCUT2D eigenvalue weighted by molar-refractivity contribution is 7.99. The molecule has 39 heavy (non-hydrogen) atoms. The predicted molar refractivity (Wildman–Crippen MR) is 168 cm³/mol. The van der Waals surface area contributed by atoms with Crippen LogP contribution in [0.25, 0.3) is 10.9 Å². The molecule has 0 amide bonds. The van der Waals surface area contributed by atoms with Gasteiger partial charge in [0.15, 0.2) is 5.90 Å². The maximum atomic E-state index is 7.23. The molecule has 0 radical (unpaired) electrons. The summed E-state index contributed by atoms with van der Waals surface area (Å²) in [7, 11) is -2.58. The van der Waals surface area contributed by atoms with Crippen molar-refractivity contribution in [2.45, 2.75) is 68.3 Å². The van der Waals surface area contributed by atoms with Crippen LogP contribution in [0.2, 0.25) is 5.04 Å². The fourth-order valence-corrected chi connectivity index (χ4v) is 11.3. The number of fused-ring (bicyclic) bond motifs is 1. The molecular formula is C33H40N2O2SSi. The first-order valence-corrected chi connectivity index (χ1v) is 16.7. The summed E-state index contributed by atoms with van der Waals surface area (Å²) in [5, 5.41) is 5.26. The van der Waals surface area contributed by atoms with E-state index >= 15 is 0 Å². The summed E-state index contributed by atoms with van der Waals surface area (Å²) >= 11 is 1.87. The van der Waals surface area contributed by atoms with E-state index in [9.17, 15) is 0 Å². The number of ether oxygens (including phenoxy) is 1. The molecule has 1 aliphatic heterocycles. The number of hydrogen-bond acceptors (Lipinski definition) is 4. The second-order valence-electron chi connectivity index (χ2n) is 12.1. The summed E-state index contributed by atoms with van der Waals surface area (Å²) in [6.07, 6.45) is 1.68. The first-order valence-electron chi connectivity index (χ1n) is 13.9. The fourth-order valence-electron chi connectivity index (χ4n) is 5.56. The number of thioether (sulfide) groups is 1. The van der Waals surface area contributed by atoms with Crippen molar-refractivity contribution in [3.05, 3.63) is 91.0 Å². The Balaban J connectivity index is 1.42. The summed E-state index contributed by atoms with van der Waals surface area (Å²) in [4.78, 5) is 8.47. The van der Waals surface area contributed by atoms with Gasteiger partial charge >= 0.3 is 0 Å². The lowest BCUT2D eigenvalue weighted by molar-refractivity contribution is 0.269. The quantitative estimate of drug-likeness (QED) is 0.166. The lowest BCUT2D eigenvalue weighted by Gasteiger charge is -2.43. The van der Waals surface area contributed by atoms with E-state index in [0.717, 1.165) is 24.3 Å². The molecule has 1 N–H and O–H groups in total. The standard InChI is InChI=1S/C33H40N2O2SSi/c1-32(2,3)39(27-15-8-6-9-16-27,28-17-10-7-11-18-28)37-21-20-26(23-30-35-33(4,5)24-36-30)38-31-22-25-14-12-13-19-29(25)34-31/h6-19,22,26,34H,20-21,23-24H2,1-5H3. The third kappa shape index (κ3) is 6.18. The number of hydrogen-bond donors (Lipinski definition) is 1. The lowest BCUT2D eigenvalue weighted by Crippen LogP contribution is -2.66. The Labute approximate surface area is 238 Å². The topological polar surface area (TPSA) is 46.6 Å². The van der Waals surface area contributed by atoms with Gasteiger partial charge in [0.1, 0.15) is 6.61 Å². The smallest absolute Gasteiger partial charge is 0.261 e. The molecular weight excluding hydrogens is 517 g/mol. The van der Waals surface area contributed by atoms with Crippen molar-refractivity contribution in [1.29, 1.82) is 0 Å². The van der Waals surface area contributed by atoms with Crippen LogP contribution in [-0.4, -0.2) is 43.2 Å². The molecule has 4 aromatic rings. The first-order chi connectivity index (χ1) is 18.7. The number of aromatic amines is 1. The van der Waals surface area contributed by atoms with E-state index in [2.05, 4.69) is 131 Å². The Morgan fingerprint density at radius 1 is 0.949 bits per heavy atom. The maximum Gasteiger partial charge on any atom is 0.261 e. The Morgan fingerprint density at radius 3 is 2.13 bits per heavy atom. The van der Waals surface area contributed by atoms with Gasteiger partial charge in [0.25, 0.3) is 8.32 Å².